The van der Waals surface area contributed by atoms with Gasteiger partial charge in [0, 0.05) is 0 Å². The molecule has 2 rings (SSSR count). The highest BCUT2D eigenvalue weighted by Gasteiger charge is 2.28. The third-order valence-corrected chi connectivity index (χ3v) is 3.41. The molecule has 1 heterocycles. The number of carbonyl (C=O) groups excluding carboxylic acids is 1. The van der Waals surface area contributed by atoms with Crippen LogP contribution in [0.15, 0.2) is 24.3 Å². The van der Waals surface area contributed by atoms with Crippen LogP contribution in [0.1, 0.15) is 11.1 Å². The van der Waals surface area contributed by atoms with E-state index in [2.05, 4.69) is 9.72 Å². The van der Waals surface area contributed by atoms with Gasteiger partial charge in [-0.15, -0.1) is 11.3 Å². The van der Waals surface area contributed by atoms with E-state index in [-0.39, 0.29) is 0 Å². The van der Waals surface area contributed by atoms with Crippen LogP contribution >= 0.6 is 11.3 Å². The normalized spacial score (nSPS) is 14.5. The van der Waals surface area contributed by atoms with Crippen molar-refractivity contribution in [3.05, 3.63) is 29.3 Å². The zero-order valence-corrected chi connectivity index (χ0v) is 9.85. The molecule has 0 spiro atoms. The van der Waals surface area contributed by atoms with E-state index in [4.69, 9.17) is 0 Å². The van der Waals surface area contributed by atoms with Crippen LogP contribution in [0.5, 0.6) is 0 Å². The van der Waals surface area contributed by atoms with E-state index in [0.717, 1.165) is 17.3 Å². The van der Waals surface area contributed by atoms with Crippen LogP contribution in [0, 0.1) is 0 Å². The minimum atomic E-state index is -1.61. The molecule has 0 fully saturated rings. The first-order valence-electron chi connectivity index (χ1n) is 4.93. The fraction of sp³-hybridized carbons (Fsp3) is 0.273. The molecule has 0 aliphatic rings. The van der Waals surface area contributed by atoms with Crippen LogP contribution in [0.4, 0.5) is 0 Å². The second kappa shape index (κ2) is 4.79. The molecule has 2 atom stereocenters. The molecule has 1 aromatic carbocycles. The fourth-order valence-corrected chi connectivity index (χ4v) is 2.39. The summed E-state index contributed by atoms with van der Waals surface area (Å²) >= 11 is 1.23. The number of ether oxygens (including phenoxy) is 1. The smallest absolute Gasteiger partial charge is 0.337 e. The lowest BCUT2D eigenvalue weighted by atomic mass is 10.2. The van der Waals surface area contributed by atoms with Crippen molar-refractivity contribution in [3.8, 4) is 0 Å². The number of methoxy groups -OCH3 is 1. The average Bonchev–Trinajstić information content (AvgIpc) is 2.79. The number of rotatable bonds is 3. The third kappa shape index (κ3) is 2.28. The maximum Gasteiger partial charge on any atom is 0.337 e. The summed E-state index contributed by atoms with van der Waals surface area (Å²) in [5, 5.41) is 19.6. The van der Waals surface area contributed by atoms with Gasteiger partial charge < -0.3 is 14.9 Å². The summed E-state index contributed by atoms with van der Waals surface area (Å²) in [6, 6.07) is 7.34. The Morgan fingerprint density at radius 2 is 2.12 bits per heavy atom. The summed E-state index contributed by atoms with van der Waals surface area (Å²) < 4.78 is 5.24. The summed E-state index contributed by atoms with van der Waals surface area (Å²) in [5.41, 5.74) is 0.726. The zero-order chi connectivity index (χ0) is 12.4. The lowest BCUT2D eigenvalue weighted by molar-refractivity contribution is -0.156. The van der Waals surface area contributed by atoms with E-state index >= 15 is 0 Å². The molecule has 6 heteroatoms. The molecule has 0 bridgehead atoms. The van der Waals surface area contributed by atoms with Crippen molar-refractivity contribution in [2.24, 2.45) is 0 Å². The Balaban J connectivity index is 2.30. The second-order valence-corrected chi connectivity index (χ2v) is 4.49. The maximum atomic E-state index is 11.1. The number of para-hydroxylation sites is 1. The molecular weight excluding hydrogens is 242 g/mol. The minimum absolute atomic E-state index is 0.295. The van der Waals surface area contributed by atoms with Crippen LogP contribution in [0.25, 0.3) is 10.2 Å². The molecule has 5 nitrogen and oxygen atoms in total. The fourth-order valence-electron chi connectivity index (χ4n) is 1.40. The van der Waals surface area contributed by atoms with Crippen molar-refractivity contribution in [3.63, 3.8) is 0 Å². The summed E-state index contributed by atoms with van der Waals surface area (Å²) in [4.78, 5) is 15.2. The third-order valence-electron chi connectivity index (χ3n) is 2.31. The van der Waals surface area contributed by atoms with Crippen LogP contribution in [0.2, 0.25) is 0 Å². The first-order valence-corrected chi connectivity index (χ1v) is 5.74. The highest BCUT2D eigenvalue weighted by atomic mass is 32.1. The van der Waals surface area contributed by atoms with Gasteiger partial charge in [-0.25, -0.2) is 9.78 Å². The SMILES string of the molecule is COC(=O)[C@H](O)[C@H](O)c1nc2ccccc2s1. The molecule has 2 aromatic rings. The van der Waals surface area contributed by atoms with E-state index in [1.165, 1.54) is 11.3 Å². The molecule has 0 unspecified atom stereocenters. The van der Waals surface area contributed by atoms with Gasteiger partial charge in [-0.3, -0.25) is 0 Å². The van der Waals surface area contributed by atoms with E-state index in [0.29, 0.717) is 5.01 Å². The van der Waals surface area contributed by atoms with Gasteiger partial charge in [0.15, 0.2) is 6.10 Å². The molecule has 0 amide bonds. The van der Waals surface area contributed by atoms with Gasteiger partial charge in [-0.1, -0.05) is 12.1 Å². The molecule has 0 aliphatic carbocycles. The molecule has 2 N–H and O–H groups in total. The predicted octanol–water partition coefficient (Wildman–Crippen LogP) is 0.864. The largest absolute Gasteiger partial charge is 0.467 e. The van der Waals surface area contributed by atoms with E-state index in [1.807, 2.05) is 18.2 Å². The van der Waals surface area contributed by atoms with Crippen LogP contribution in [-0.4, -0.2) is 34.4 Å². The van der Waals surface area contributed by atoms with Gasteiger partial charge in [-0.2, -0.15) is 0 Å². The van der Waals surface area contributed by atoms with Crippen molar-refractivity contribution in [1.29, 1.82) is 0 Å². The Kier molecular flexibility index (Phi) is 3.37. The van der Waals surface area contributed by atoms with Crippen molar-refractivity contribution in [1.82, 2.24) is 4.98 Å². The highest BCUT2D eigenvalue weighted by molar-refractivity contribution is 7.18. The number of thiazole rings is 1. The minimum Gasteiger partial charge on any atom is -0.467 e. The summed E-state index contributed by atoms with van der Waals surface area (Å²) in [5.74, 6) is -0.878. The molecule has 0 saturated heterocycles. The number of carbonyl (C=O) groups is 1. The lowest BCUT2D eigenvalue weighted by Gasteiger charge is -2.12. The molecule has 0 radical (unpaired) electrons. The van der Waals surface area contributed by atoms with Crippen LogP contribution in [0.3, 0.4) is 0 Å². The van der Waals surface area contributed by atoms with Crippen LogP contribution < -0.4 is 0 Å². The topological polar surface area (TPSA) is 79.7 Å². The zero-order valence-electron chi connectivity index (χ0n) is 9.03. The van der Waals surface area contributed by atoms with Gasteiger partial charge in [0.1, 0.15) is 11.1 Å². The van der Waals surface area contributed by atoms with Crippen molar-refractivity contribution in [2.45, 2.75) is 12.2 Å². The average molecular weight is 253 g/mol. The van der Waals surface area contributed by atoms with E-state index in [9.17, 15) is 15.0 Å². The first-order chi connectivity index (χ1) is 8.13. The Hall–Kier alpha value is -1.50. The lowest BCUT2D eigenvalue weighted by Crippen LogP contribution is -2.28. The molecule has 1 aromatic heterocycles. The number of esters is 1. The number of aliphatic hydroxyl groups excluding tert-OH is 2. The Morgan fingerprint density at radius 3 is 2.76 bits per heavy atom. The molecule has 90 valence electrons. The molecule has 0 saturated carbocycles. The van der Waals surface area contributed by atoms with Gasteiger partial charge in [0.05, 0.1) is 17.3 Å². The monoisotopic (exact) mass is 253 g/mol. The number of aromatic nitrogens is 1. The number of aliphatic hydroxyl groups is 2. The highest BCUT2D eigenvalue weighted by Crippen LogP contribution is 2.28. The summed E-state index contributed by atoms with van der Waals surface area (Å²) in [7, 11) is 1.15. The quantitative estimate of drug-likeness (QED) is 0.793. The van der Waals surface area contributed by atoms with E-state index in [1.54, 1.807) is 6.07 Å². The second-order valence-electron chi connectivity index (χ2n) is 3.43. The Labute approximate surface area is 101 Å². The molecule has 17 heavy (non-hydrogen) atoms. The van der Waals surface area contributed by atoms with Gasteiger partial charge in [0.2, 0.25) is 0 Å². The van der Waals surface area contributed by atoms with Crippen LogP contribution in [-0.2, 0) is 9.53 Å². The standard InChI is InChI=1S/C11H11NO4S/c1-16-11(15)9(14)8(13)10-12-6-4-2-3-5-7(6)17-10/h2-5,8-9,13-14H,1H3/t8-,9+/m0/s1. The predicted molar refractivity (Wildman–Crippen MR) is 62.6 cm³/mol. The summed E-state index contributed by atoms with van der Waals surface area (Å²) in [6.07, 6.45) is -2.97. The van der Waals surface area contributed by atoms with Crippen molar-refractivity contribution in [2.75, 3.05) is 7.11 Å². The number of fused-ring (bicyclic) bond motifs is 1. The van der Waals surface area contributed by atoms with Gasteiger partial charge >= 0.3 is 5.97 Å². The molecular formula is C11H11NO4S. The number of nitrogens with zero attached hydrogens (tertiary/aromatic N) is 1. The molecule has 0 aliphatic heterocycles. The van der Waals surface area contributed by atoms with Gasteiger partial charge in [-0.05, 0) is 12.1 Å². The van der Waals surface area contributed by atoms with Crippen molar-refractivity contribution >= 4 is 27.5 Å². The van der Waals surface area contributed by atoms with Gasteiger partial charge in [0.25, 0.3) is 0 Å². The number of benzene rings is 1. The Bertz CT molecular complexity index is 506. The Morgan fingerprint density at radius 1 is 1.41 bits per heavy atom. The number of hydrogen-bond donors (Lipinski definition) is 2. The number of hydrogen-bond acceptors (Lipinski definition) is 6. The summed E-state index contributed by atoms with van der Waals surface area (Å²) in [6.45, 7) is 0. The maximum absolute atomic E-state index is 11.1. The van der Waals surface area contributed by atoms with Crippen molar-refractivity contribution < 1.29 is 19.7 Å². The first kappa shape index (κ1) is 12.0. The van der Waals surface area contributed by atoms with E-state index < -0.39 is 18.2 Å².